The van der Waals surface area contributed by atoms with Crippen molar-refractivity contribution >= 4 is 27.5 Å². The molecular formula is C19H21N3O5S. The van der Waals surface area contributed by atoms with E-state index in [0.717, 1.165) is 11.3 Å². The first-order chi connectivity index (χ1) is 13.5. The van der Waals surface area contributed by atoms with Crippen molar-refractivity contribution < 1.29 is 19.7 Å². The Morgan fingerprint density at radius 2 is 2.11 bits per heavy atom. The number of nitrogens with zero attached hydrogens (tertiary/aromatic N) is 2. The molecule has 148 valence electrons. The van der Waals surface area contributed by atoms with E-state index in [4.69, 9.17) is 4.74 Å². The highest BCUT2D eigenvalue weighted by atomic mass is 32.1. The Hall–Kier alpha value is -2.75. The lowest BCUT2D eigenvalue weighted by molar-refractivity contribution is 0.0462. The monoisotopic (exact) mass is 403 g/mol. The number of thiophene rings is 1. The predicted molar refractivity (Wildman–Crippen MR) is 106 cm³/mol. The number of aliphatic hydroxyl groups is 2. The molecular weight excluding hydrogens is 382 g/mol. The van der Waals surface area contributed by atoms with Gasteiger partial charge in [-0.2, -0.15) is 0 Å². The van der Waals surface area contributed by atoms with Crippen molar-refractivity contribution in [3.8, 4) is 5.75 Å². The molecule has 3 rings (SSSR count). The number of aromatic amines is 1. The van der Waals surface area contributed by atoms with Crippen molar-refractivity contribution in [2.24, 2.45) is 0 Å². The van der Waals surface area contributed by atoms with Gasteiger partial charge in [0, 0.05) is 6.54 Å². The Morgan fingerprint density at radius 3 is 2.79 bits per heavy atom. The van der Waals surface area contributed by atoms with Crippen LogP contribution in [0.4, 0.5) is 0 Å². The van der Waals surface area contributed by atoms with Gasteiger partial charge in [0.05, 0.1) is 29.7 Å². The molecule has 9 heteroatoms. The number of nitrogens with one attached hydrogen (secondary N) is 1. The lowest BCUT2D eigenvalue weighted by Crippen LogP contribution is -2.41. The molecule has 0 saturated carbocycles. The van der Waals surface area contributed by atoms with Crippen molar-refractivity contribution in [3.63, 3.8) is 0 Å². The molecule has 1 unspecified atom stereocenters. The average molecular weight is 403 g/mol. The van der Waals surface area contributed by atoms with Gasteiger partial charge in [-0.3, -0.25) is 9.59 Å². The van der Waals surface area contributed by atoms with Crippen molar-refractivity contribution in [3.05, 3.63) is 57.5 Å². The maximum atomic E-state index is 13.0. The number of fused-ring (bicyclic) bond motifs is 1. The summed E-state index contributed by atoms with van der Waals surface area (Å²) in [5, 5.41) is 20.0. The molecule has 8 nitrogen and oxygen atoms in total. The highest BCUT2D eigenvalue weighted by Gasteiger charge is 2.24. The molecule has 0 saturated heterocycles. The van der Waals surface area contributed by atoms with Gasteiger partial charge in [-0.05, 0) is 24.6 Å². The minimum atomic E-state index is -0.938. The summed E-state index contributed by atoms with van der Waals surface area (Å²) in [6.07, 6.45) is 0.359. The summed E-state index contributed by atoms with van der Waals surface area (Å²) in [5.41, 5.74) is 0.236. The Morgan fingerprint density at radius 1 is 1.36 bits per heavy atom. The maximum absolute atomic E-state index is 13.0. The molecule has 1 aromatic carbocycles. The smallest absolute Gasteiger partial charge is 0.264 e. The normalized spacial score (nSPS) is 12.1. The van der Waals surface area contributed by atoms with Gasteiger partial charge in [0.15, 0.2) is 0 Å². The van der Waals surface area contributed by atoms with Crippen LogP contribution in [0.15, 0.2) is 41.5 Å². The number of carbonyl (C=O) groups is 1. The van der Waals surface area contributed by atoms with Gasteiger partial charge < -0.3 is 24.8 Å². The molecule has 0 radical (unpaired) electrons. The second-order valence-electron chi connectivity index (χ2n) is 6.22. The summed E-state index contributed by atoms with van der Waals surface area (Å²) in [4.78, 5) is 33.8. The van der Waals surface area contributed by atoms with Crippen LogP contribution in [0.2, 0.25) is 0 Å². The Bertz CT molecular complexity index is 1000. The molecule has 0 fully saturated rings. The van der Waals surface area contributed by atoms with E-state index in [1.165, 1.54) is 11.2 Å². The molecule has 1 atom stereocenters. The molecule has 1 amide bonds. The van der Waals surface area contributed by atoms with Gasteiger partial charge in [0.1, 0.15) is 23.3 Å². The zero-order chi connectivity index (χ0) is 20.1. The first kappa shape index (κ1) is 20.0. The fourth-order valence-electron chi connectivity index (χ4n) is 2.84. The van der Waals surface area contributed by atoms with Gasteiger partial charge in [-0.15, -0.1) is 11.3 Å². The minimum absolute atomic E-state index is 0.00580. The van der Waals surface area contributed by atoms with Crippen LogP contribution in [0.1, 0.15) is 15.2 Å². The van der Waals surface area contributed by atoms with Crippen molar-refractivity contribution in [2.45, 2.75) is 13.0 Å². The van der Waals surface area contributed by atoms with Gasteiger partial charge in [-0.1, -0.05) is 18.2 Å². The number of aryl methyl sites for hydroxylation is 1. The Labute approximate surface area is 165 Å². The van der Waals surface area contributed by atoms with Crippen LogP contribution in [-0.4, -0.2) is 63.4 Å². The summed E-state index contributed by atoms with van der Waals surface area (Å²) >= 11 is 1.12. The molecule has 0 spiro atoms. The van der Waals surface area contributed by atoms with Crippen molar-refractivity contribution in [2.75, 3.05) is 26.3 Å². The second-order valence-corrected chi connectivity index (χ2v) is 7.22. The number of hydrogen-bond acceptors (Lipinski definition) is 7. The number of aliphatic hydroxyl groups excluding tert-OH is 2. The average Bonchev–Trinajstić information content (AvgIpc) is 3.04. The van der Waals surface area contributed by atoms with E-state index in [2.05, 4.69) is 9.97 Å². The number of aromatic nitrogens is 2. The fraction of sp³-hybridized carbons (Fsp3) is 0.316. The van der Waals surface area contributed by atoms with Crippen LogP contribution < -0.4 is 10.3 Å². The maximum Gasteiger partial charge on any atom is 0.264 e. The lowest BCUT2D eigenvalue weighted by atomic mass is 10.2. The SMILES string of the molecule is Cc1c(C(=O)N(CCO)CC(O)COc2ccccc2)sc2nc[nH]c(=O)c12. The highest BCUT2D eigenvalue weighted by molar-refractivity contribution is 7.20. The third-order valence-corrected chi connectivity index (χ3v) is 5.39. The fourth-order valence-corrected chi connectivity index (χ4v) is 3.96. The van der Waals surface area contributed by atoms with Gasteiger partial charge >= 0.3 is 0 Å². The highest BCUT2D eigenvalue weighted by Crippen LogP contribution is 2.27. The van der Waals surface area contributed by atoms with Gasteiger partial charge in [0.2, 0.25) is 0 Å². The molecule has 3 aromatic rings. The number of H-pyrrole nitrogens is 1. The molecule has 0 aliphatic carbocycles. The number of hydrogen-bond donors (Lipinski definition) is 3. The van der Waals surface area contributed by atoms with E-state index in [-0.39, 0.29) is 37.8 Å². The number of para-hydroxylation sites is 1. The molecule has 0 aliphatic heterocycles. The predicted octanol–water partition coefficient (Wildman–Crippen LogP) is 1.17. The summed E-state index contributed by atoms with van der Waals surface area (Å²) < 4.78 is 5.52. The number of rotatable bonds is 8. The van der Waals surface area contributed by atoms with Gasteiger partial charge in [-0.25, -0.2) is 4.98 Å². The third kappa shape index (κ3) is 4.38. The van der Waals surface area contributed by atoms with Crippen LogP contribution in [-0.2, 0) is 0 Å². The van der Waals surface area contributed by atoms with Crippen molar-refractivity contribution in [1.82, 2.24) is 14.9 Å². The number of carbonyl (C=O) groups excluding carboxylic acids is 1. The summed E-state index contributed by atoms with van der Waals surface area (Å²) in [7, 11) is 0. The van der Waals surface area contributed by atoms with Crippen LogP contribution in [0, 0.1) is 6.92 Å². The molecule has 2 heterocycles. The molecule has 28 heavy (non-hydrogen) atoms. The van der Waals surface area contributed by atoms with E-state index < -0.39 is 6.10 Å². The minimum Gasteiger partial charge on any atom is -0.491 e. The first-order valence-corrected chi connectivity index (χ1v) is 9.55. The van der Waals surface area contributed by atoms with Gasteiger partial charge in [0.25, 0.3) is 11.5 Å². The molecule has 0 bridgehead atoms. The molecule has 0 aliphatic rings. The zero-order valence-electron chi connectivity index (χ0n) is 15.3. The standard InChI is InChI=1S/C19H21N3O5S/c1-12-15-17(25)20-11-21-18(15)28-16(12)19(26)22(7-8-23)9-13(24)10-27-14-5-3-2-4-6-14/h2-6,11,13,23-24H,7-10H2,1H3,(H,20,21,25). The number of amides is 1. The Balaban J connectivity index is 1.74. The number of ether oxygens (including phenoxy) is 1. The third-order valence-electron chi connectivity index (χ3n) is 4.20. The van der Waals surface area contributed by atoms with E-state index in [1.54, 1.807) is 19.1 Å². The van der Waals surface area contributed by atoms with Crippen LogP contribution >= 0.6 is 11.3 Å². The zero-order valence-corrected chi connectivity index (χ0v) is 16.1. The largest absolute Gasteiger partial charge is 0.491 e. The lowest BCUT2D eigenvalue weighted by Gasteiger charge is -2.24. The van der Waals surface area contributed by atoms with Crippen molar-refractivity contribution in [1.29, 1.82) is 0 Å². The van der Waals surface area contributed by atoms with Crippen LogP contribution in [0.25, 0.3) is 10.2 Å². The molecule has 2 aromatic heterocycles. The summed E-state index contributed by atoms with van der Waals surface area (Å²) in [5.74, 6) is 0.250. The van der Waals surface area contributed by atoms with E-state index in [0.29, 0.717) is 26.4 Å². The summed E-state index contributed by atoms with van der Waals surface area (Å²) in [6.45, 7) is 1.49. The quantitative estimate of drug-likeness (QED) is 0.520. The summed E-state index contributed by atoms with van der Waals surface area (Å²) in [6, 6.07) is 9.05. The van der Waals surface area contributed by atoms with E-state index in [9.17, 15) is 19.8 Å². The second kappa shape index (κ2) is 8.96. The van der Waals surface area contributed by atoms with Crippen LogP contribution in [0.3, 0.4) is 0 Å². The topological polar surface area (TPSA) is 116 Å². The van der Waals surface area contributed by atoms with E-state index >= 15 is 0 Å². The Kier molecular flexibility index (Phi) is 6.40. The van der Waals surface area contributed by atoms with E-state index in [1.807, 2.05) is 18.2 Å². The first-order valence-electron chi connectivity index (χ1n) is 8.74. The van der Waals surface area contributed by atoms with Crippen LogP contribution in [0.5, 0.6) is 5.75 Å². The molecule has 3 N–H and O–H groups in total. The number of benzene rings is 1.